The van der Waals surface area contributed by atoms with Crippen LogP contribution in [-0.4, -0.2) is 59.0 Å². The van der Waals surface area contributed by atoms with Crippen LogP contribution in [0.3, 0.4) is 0 Å². The molecule has 0 aliphatic rings. The molecule has 0 unspecified atom stereocenters. The summed E-state index contributed by atoms with van der Waals surface area (Å²) in [6, 6.07) is 10.4. The van der Waals surface area contributed by atoms with Crippen molar-refractivity contribution in [2.24, 2.45) is 0 Å². The van der Waals surface area contributed by atoms with E-state index in [-0.39, 0.29) is 0 Å². The number of hydrogen-bond donors (Lipinski definition) is 2. The van der Waals surface area contributed by atoms with Crippen LogP contribution in [0.2, 0.25) is 0 Å². The number of hydrogen-bond acceptors (Lipinski definition) is 9. The van der Waals surface area contributed by atoms with Crippen molar-refractivity contribution in [2.45, 2.75) is 0 Å². The summed E-state index contributed by atoms with van der Waals surface area (Å²) in [5, 5.41) is 4.75. The smallest absolute Gasteiger partial charge is 0.254 e. The molecule has 3 aromatic rings. The average molecular weight is 475 g/mol. The summed E-state index contributed by atoms with van der Waals surface area (Å²) in [6.07, 6.45) is 1.43. The summed E-state index contributed by atoms with van der Waals surface area (Å²) < 4.78 is 47.7. The van der Waals surface area contributed by atoms with Gasteiger partial charge >= 0.3 is 0 Å². The molecule has 0 aliphatic carbocycles. The maximum absolute atomic E-state index is 11.8. The Morgan fingerprint density at radius 1 is 0.939 bits per heavy atom. The summed E-state index contributed by atoms with van der Waals surface area (Å²) in [5.74, 6) is 1.56. The maximum Gasteiger partial charge on any atom is 0.254 e. The third kappa shape index (κ3) is 6.78. The van der Waals surface area contributed by atoms with Crippen LogP contribution in [0.1, 0.15) is 0 Å². The number of nitrogens with zero attached hydrogens (tertiary/aromatic N) is 2. The molecular weight excluding hydrogens is 448 g/mol. The molecule has 2 N–H and O–H groups in total. The van der Waals surface area contributed by atoms with E-state index in [1.807, 2.05) is 0 Å². The quantitative estimate of drug-likeness (QED) is 0.359. The summed E-state index contributed by atoms with van der Waals surface area (Å²) in [4.78, 5) is 8.69. The minimum absolute atomic E-state index is 0.338. The molecule has 0 saturated heterocycles. The second-order valence-corrected chi connectivity index (χ2v) is 8.37. The highest BCUT2D eigenvalue weighted by Gasteiger charge is 2.13. The van der Waals surface area contributed by atoms with E-state index in [1.165, 1.54) is 6.33 Å². The van der Waals surface area contributed by atoms with Gasteiger partial charge in [-0.1, -0.05) is 12.6 Å². The molecular formula is C22H26N4O6S. The third-order valence-electron chi connectivity index (χ3n) is 4.40. The topological polar surface area (TPSA) is 121 Å². The van der Waals surface area contributed by atoms with E-state index in [4.69, 9.17) is 18.9 Å². The lowest BCUT2D eigenvalue weighted by molar-refractivity contribution is 0.132. The van der Waals surface area contributed by atoms with Crippen LogP contribution in [0.15, 0.2) is 54.7 Å². The van der Waals surface area contributed by atoms with Gasteiger partial charge in [-0.05, 0) is 24.3 Å². The lowest BCUT2D eigenvalue weighted by Gasteiger charge is -2.15. The Morgan fingerprint density at radius 3 is 2.27 bits per heavy atom. The van der Waals surface area contributed by atoms with Crippen LogP contribution >= 0.6 is 0 Å². The molecule has 1 heterocycles. The number of fused-ring (bicyclic) bond motifs is 1. The number of aromatic nitrogens is 2. The predicted octanol–water partition coefficient (Wildman–Crippen LogP) is 3.31. The van der Waals surface area contributed by atoms with Crippen molar-refractivity contribution >= 4 is 38.1 Å². The Morgan fingerprint density at radius 2 is 1.61 bits per heavy atom. The van der Waals surface area contributed by atoms with Gasteiger partial charge < -0.3 is 24.3 Å². The molecule has 0 aliphatic heterocycles. The number of sulfonamides is 1. The lowest BCUT2D eigenvalue weighted by Crippen LogP contribution is -2.09. The van der Waals surface area contributed by atoms with Crippen molar-refractivity contribution in [2.75, 3.05) is 50.7 Å². The van der Waals surface area contributed by atoms with Crippen LogP contribution in [0.25, 0.3) is 10.9 Å². The summed E-state index contributed by atoms with van der Waals surface area (Å²) in [7, 11) is -0.422. The monoisotopic (exact) mass is 474 g/mol. The van der Waals surface area contributed by atoms with Crippen LogP contribution in [0, 0.1) is 0 Å². The van der Waals surface area contributed by atoms with Gasteiger partial charge in [0.25, 0.3) is 10.0 Å². The zero-order valence-electron chi connectivity index (χ0n) is 18.4. The van der Waals surface area contributed by atoms with E-state index in [2.05, 4.69) is 26.6 Å². The highest BCUT2D eigenvalue weighted by molar-refractivity contribution is 7.95. The first kappa shape index (κ1) is 24.2. The summed E-state index contributed by atoms with van der Waals surface area (Å²) in [6.45, 7) is 4.83. The molecule has 33 heavy (non-hydrogen) atoms. The van der Waals surface area contributed by atoms with Crippen molar-refractivity contribution in [3.05, 3.63) is 54.7 Å². The van der Waals surface area contributed by atoms with Gasteiger partial charge in [0.15, 0.2) is 11.5 Å². The Balaban J connectivity index is 1.93. The van der Waals surface area contributed by atoms with E-state index in [1.54, 1.807) is 50.6 Å². The summed E-state index contributed by atoms with van der Waals surface area (Å²) in [5.41, 5.74) is 1.65. The van der Waals surface area contributed by atoms with E-state index < -0.39 is 10.0 Å². The highest BCUT2D eigenvalue weighted by Crippen LogP contribution is 2.35. The van der Waals surface area contributed by atoms with E-state index in [9.17, 15) is 8.42 Å². The molecule has 0 radical (unpaired) electrons. The Hall–Kier alpha value is -3.41. The standard InChI is InChI=1S/C22H26N4O6S/c1-4-33(27,28)26-17-7-5-6-16(12-17)25-22-18-13-20(31-10-8-29-2)21(32-11-9-30-3)14-19(18)23-15-24-22/h4-7,12-15,26H,1,8-11H2,2-3H3,(H,23,24,25). The van der Waals surface area contributed by atoms with Gasteiger partial charge in [0.05, 0.1) is 24.4 Å². The minimum atomic E-state index is -3.62. The molecule has 1 aromatic heterocycles. The van der Waals surface area contributed by atoms with Crippen LogP contribution < -0.4 is 19.5 Å². The second-order valence-electron chi connectivity index (χ2n) is 6.74. The largest absolute Gasteiger partial charge is 0.487 e. The first-order chi connectivity index (χ1) is 16.0. The van der Waals surface area contributed by atoms with Gasteiger partial charge in [-0.25, -0.2) is 18.4 Å². The maximum atomic E-state index is 11.8. The zero-order valence-corrected chi connectivity index (χ0v) is 19.2. The molecule has 3 rings (SSSR count). The van der Waals surface area contributed by atoms with Gasteiger partial charge in [0.2, 0.25) is 0 Å². The molecule has 0 atom stereocenters. The molecule has 176 valence electrons. The molecule has 11 heteroatoms. The van der Waals surface area contributed by atoms with Crippen LogP contribution in [0.4, 0.5) is 17.2 Å². The number of anilines is 3. The van der Waals surface area contributed by atoms with Crippen molar-refractivity contribution in [1.82, 2.24) is 9.97 Å². The first-order valence-corrected chi connectivity index (χ1v) is 11.5. The molecule has 0 spiro atoms. The number of methoxy groups -OCH3 is 2. The normalized spacial score (nSPS) is 11.2. The van der Waals surface area contributed by atoms with Gasteiger partial charge in [0, 0.05) is 36.8 Å². The molecule has 2 aromatic carbocycles. The van der Waals surface area contributed by atoms with Gasteiger partial charge in [-0.15, -0.1) is 0 Å². The van der Waals surface area contributed by atoms with Crippen molar-refractivity contribution in [3.8, 4) is 11.5 Å². The van der Waals surface area contributed by atoms with Crippen molar-refractivity contribution in [3.63, 3.8) is 0 Å². The van der Waals surface area contributed by atoms with Gasteiger partial charge in [-0.3, -0.25) is 4.72 Å². The van der Waals surface area contributed by atoms with Crippen molar-refractivity contribution < 1.29 is 27.4 Å². The number of rotatable bonds is 13. The first-order valence-electron chi connectivity index (χ1n) is 10.0. The Labute approximate surface area is 192 Å². The molecule has 0 saturated carbocycles. The highest BCUT2D eigenvalue weighted by atomic mass is 32.2. The van der Waals surface area contributed by atoms with Gasteiger partial charge in [-0.2, -0.15) is 0 Å². The van der Waals surface area contributed by atoms with E-state index in [0.29, 0.717) is 66.0 Å². The van der Waals surface area contributed by atoms with Crippen LogP contribution in [-0.2, 0) is 19.5 Å². The molecule has 10 nitrogen and oxygen atoms in total. The molecule has 0 amide bonds. The minimum Gasteiger partial charge on any atom is -0.487 e. The number of nitrogens with one attached hydrogen (secondary N) is 2. The fourth-order valence-electron chi connectivity index (χ4n) is 2.86. The van der Waals surface area contributed by atoms with Crippen molar-refractivity contribution in [1.29, 1.82) is 0 Å². The molecule has 0 bridgehead atoms. The zero-order chi connectivity index (χ0) is 23.7. The van der Waals surface area contributed by atoms with E-state index in [0.717, 1.165) is 5.41 Å². The Kier molecular flexibility index (Phi) is 8.41. The van der Waals surface area contributed by atoms with Gasteiger partial charge in [0.1, 0.15) is 25.4 Å². The second kappa shape index (κ2) is 11.5. The van der Waals surface area contributed by atoms with E-state index >= 15 is 0 Å². The number of benzene rings is 2. The molecule has 0 fully saturated rings. The lowest BCUT2D eigenvalue weighted by atomic mass is 10.2. The average Bonchev–Trinajstić information content (AvgIpc) is 2.80. The fourth-order valence-corrected chi connectivity index (χ4v) is 3.40. The number of ether oxygens (including phenoxy) is 4. The Bertz CT molecular complexity index is 1200. The summed E-state index contributed by atoms with van der Waals surface area (Å²) >= 11 is 0. The van der Waals surface area contributed by atoms with Crippen LogP contribution in [0.5, 0.6) is 11.5 Å². The fraction of sp³-hybridized carbons (Fsp3) is 0.273. The third-order valence-corrected chi connectivity index (χ3v) is 5.35. The predicted molar refractivity (Wildman–Crippen MR) is 127 cm³/mol. The SMILES string of the molecule is C=CS(=O)(=O)Nc1cccc(Nc2ncnc3cc(OCCOC)c(OCCOC)cc23)c1.